The standard InChI is InChI=1S/C6H10O5S.Na.H/c1-2-3-6(8)11-12(9)10-5-4-7;;/h4H,2-3,5H2,1H3;;/q;+1;-1. The molecule has 0 bridgehead atoms. The average molecular weight is 218 g/mol. The molecule has 0 rings (SSSR count). The predicted octanol–water partition coefficient (Wildman–Crippen LogP) is -2.76. The first-order valence-corrected chi connectivity index (χ1v) is 4.40. The van der Waals surface area contributed by atoms with E-state index in [4.69, 9.17) is 0 Å². The van der Waals surface area contributed by atoms with E-state index < -0.39 is 17.3 Å². The summed E-state index contributed by atoms with van der Waals surface area (Å²) in [5.41, 5.74) is 0. The quantitative estimate of drug-likeness (QED) is 0.357. The Morgan fingerprint density at radius 1 is 1.62 bits per heavy atom. The van der Waals surface area contributed by atoms with Crippen molar-refractivity contribution >= 4 is 23.6 Å². The molecule has 0 radical (unpaired) electrons. The molecule has 0 spiro atoms. The van der Waals surface area contributed by atoms with Gasteiger partial charge < -0.3 is 10.4 Å². The summed E-state index contributed by atoms with van der Waals surface area (Å²) in [5.74, 6) is -0.596. The number of aldehydes is 1. The van der Waals surface area contributed by atoms with Crippen LogP contribution in [0.15, 0.2) is 0 Å². The summed E-state index contributed by atoms with van der Waals surface area (Å²) in [7, 11) is 0. The fourth-order valence-corrected chi connectivity index (χ4v) is 0.879. The summed E-state index contributed by atoms with van der Waals surface area (Å²) in [5, 5.41) is 0. The fourth-order valence-electron chi connectivity index (χ4n) is 0.429. The Morgan fingerprint density at radius 2 is 2.23 bits per heavy atom. The van der Waals surface area contributed by atoms with Gasteiger partial charge in [0.1, 0.15) is 12.9 Å². The predicted molar refractivity (Wildman–Crippen MR) is 42.3 cm³/mol. The molecule has 1 atom stereocenters. The van der Waals surface area contributed by atoms with Crippen LogP contribution in [0.5, 0.6) is 0 Å². The van der Waals surface area contributed by atoms with Crippen LogP contribution in [-0.4, -0.2) is 23.1 Å². The number of carbonyl (C=O) groups is 2. The molecule has 0 aromatic heterocycles. The minimum Gasteiger partial charge on any atom is -1.00 e. The molecular formula is C6H11NaO5S. The maximum Gasteiger partial charge on any atom is 1.00 e. The van der Waals surface area contributed by atoms with Gasteiger partial charge in [0, 0.05) is 6.42 Å². The van der Waals surface area contributed by atoms with E-state index in [-0.39, 0.29) is 44.0 Å². The van der Waals surface area contributed by atoms with Gasteiger partial charge in [-0.3, -0.25) is 8.98 Å². The van der Waals surface area contributed by atoms with Crippen LogP contribution in [0.25, 0.3) is 0 Å². The van der Waals surface area contributed by atoms with E-state index in [0.717, 1.165) is 0 Å². The molecule has 1 unspecified atom stereocenters. The summed E-state index contributed by atoms with van der Waals surface area (Å²) in [6.45, 7) is 1.45. The molecule has 0 aliphatic heterocycles. The van der Waals surface area contributed by atoms with Gasteiger partial charge in [0.05, 0.1) is 0 Å². The Hall–Kier alpha value is 0.250. The Morgan fingerprint density at radius 3 is 2.69 bits per heavy atom. The molecule has 0 saturated heterocycles. The van der Waals surface area contributed by atoms with Gasteiger partial charge >= 0.3 is 46.9 Å². The van der Waals surface area contributed by atoms with Gasteiger partial charge in [-0.05, 0) is 6.42 Å². The summed E-state index contributed by atoms with van der Waals surface area (Å²) in [6.07, 6.45) is 1.23. The first-order valence-electron chi connectivity index (χ1n) is 3.40. The van der Waals surface area contributed by atoms with Gasteiger partial charge in [-0.15, -0.1) is 0 Å². The van der Waals surface area contributed by atoms with E-state index in [1.807, 2.05) is 0 Å². The molecule has 5 nitrogen and oxygen atoms in total. The number of hydrogen-bond donors (Lipinski definition) is 0. The molecule has 72 valence electrons. The third kappa shape index (κ3) is 10.2. The number of rotatable bonds is 6. The second-order valence-electron chi connectivity index (χ2n) is 1.86. The van der Waals surface area contributed by atoms with Crippen LogP contribution in [0.4, 0.5) is 0 Å². The molecule has 0 aliphatic carbocycles. The van der Waals surface area contributed by atoms with Crippen LogP contribution in [0, 0.1) is 0 Å². The van der Waals surface area contributed by atoms with E-state index in [0.29, 0.717) is 12.7 Å². The Kier molecular flexibility index (Phi) is 12.5. The van der Waals surface area contributed by atoms with Gasteiger partial charge in [-0.1, -0.05) is 6.92 Å². The van der Waals surface area contributed by atoms with Crippen LogP contribution >= 0.6 is 0 Å². The van der Waals surface area contributed by atoms with Gasteiger partial charge in [0.15, 0.2) is 0 Å². The summed E-state index contributed by atoms with van der Waals surface area (Å²) in [6, 6.07) is 0. The van der Waals surface area contributed by atoms with Crippen molar-refractivity contribution in [3.8, 4) is 0 Å². The maximum absolute atomic E-state index is 10.6. The molecule has 0 fully saturated rings. The first-order chi connectivity index (χ1) is 5.70. The average Bonchev–Trinajstić information content (AvgIpc) is 2.01. The van der Waals surface area contributed by atoms with Crippen molar-refractivity contribution in [3.05, 3.63) is 0 Å². The molecule has 0 aromatic rings. The Bertz CT molecular complexity index is 189. The Labute approximate surface area is 103 Å². The van der Waals surface area contributed by atoms with E-state index in [1.54, 1.807) is 6.92 Å². The molecule has 13 heavy (non-hydrogen) atoms. The van der Waals surface area contributed by atoms with Crippen LogP contribution in [0.1, 0.15) is 21.2 Å². The van der Waals surface area contributed by atoms with Gasteiger partial charge in [0.2, 0.25) is 0 Å². The molecule has 0 saturated carbocycles. The van der Waals surface area contributed by atoms with Crippen LogP contribution in [-0.2, 0) is 29.3 Å². The zero-order valence-corrected chi connectivity index (χ0v) is 10.5. The van der Waals surface area contributed by atoms with Gasteiger partial charge in [-0.25, -0.2) is 0 Å². The zero-order chi connectivity index (χ0) is 9.40. The van der Waals surface area contributed by atoms with Crippen molar-refractivity contribution in [1.29, 1.82) is 0 Å². The van der Waals surface area contributed by atoms with Crippen molar-refractivity contribution < 1.29 is 53.1 Å². The molecule has 0 aliphatic rings. The van der Waals surface area contributed by atoms with Crippen LogP contribution < -0.4 is 29.6 Å². The SMILES string of the molecule is CCCC(=O)OS(=O)OCC=O.[H-].[Na+]. The van der Waals surface area contributed by atoms with Crippen molar-refractivity contribution in [2.24, 2.45) is 0 Å². The maximum atomic E-state index is 10.6. The minimum atomic E-state index is -2.13. The van der Waals surface area contributed by atoms with Crippen LogP contribution in [0.2, 0.25) is 0 Å². The van der Waals surface area contributed by atoms with E-state index in [2.05, 4.69) is 8.37 Å². The van der Waals surface area contributed by atoms with E-state index in [1.165, 1.54) is 0 Å². The van der Waals surface area contributed by atoms with Crippen molar-refractivity contribution in [2.75, 3.05) is 6.61 Å². The number of carbonyl (C=O) groups excluding carboxylic acids is 2. The monoisotopic (exact) mass is 218 g/mol. The van der Waals surface area contributed by atoms with Crippen molar-refractivity contribution in [2.45, 2.75) is 19.8 Å². The van der Waals surface area contributed by atoms with E-state index in [9.17, 15) is 13.8 Å². The van der Waals surface area contributed by atoms with Gasteiger partial charge in [0.25, 0.3) is 0 Å². The minimum absolute atomic E-state index is 0. The topological polar surface area (TPSA) is 69.7 Å². The van der Waals surface area contributed by atoms with Crippen LogP contribution in [0.3, 0.4) is 0 Å². The zero-order valence-electron chi connectivity index (χ0n) is 8.65. The van der Waals surface area contributed by atoms with Crippen molar-refractivity contribution in [3.63, 3.8) is 0 Å². The third-order valence-corrected chi connectivity index (χ3v) is 1.50. The molecule has 0 aromatic carbocycles. The second kappa shape index (κ2) is 10.3. The van der Waals surface area contributed by atoms with Gasteiger partial charge in [-0.2, -0.15) is 4.21 Å². The first kappa shape index (κ1) is 15.7. The molecule has 0 N–H and O–H groups in total. The smallest absolute Gasteiger partial charge is 1.00 e. The molecular weight excluding hydrogens is 207 g/mol. The third-order valence-electron chi connectivity index (χ3n) is 0.847. The molecule has 0 amide bonds. The molecule has 0 heterocycles. The number of hydrogen-bond acceptors (Lipinski definition) is 5. The van der Waals surface area contributed by atoms with Crippen molar-refractivity contribution in [1.82, 2.24) is 0 Å². The summed E-state index contributed by atoms with van der Waals surface area (Å²) < 4.78 is 19.1. The molecule has 7 heteroatoms. The summed E-state index contributed by atoms with van der Waals surface area (Å²) in [4.78, 5) is 20.4. The normalized spacial score (nSPS) is 11.2. The fraction of sp³-hybridized carbons (Fsp3) is 0.667. The van der Waals surface area contributed by atoms with E-state index >= 15 is 0 Å². The second-order valence-corrected chi connectivity index (χ2v) is 2.67. The summed E-state index contributed by atoms with van der Waals surface area (Å²) >= 11 is -2.13. The Balaban J connectivity index is -0.000000605. The largest absolute Gasteiger partial charge is 1.00 e.